The molecule has 0 radical (unpaired) electrons. The Morgan fingerprint density at radius 3 is 2.73 bits per heavy atom. The van der Waals surface area contributed by atoms with E-state index in [0.717, 1.165) is 25.9 Å². The Hall–Kier alpha value is -0.130. The van der Waals surface area contributed by atoms with Crippen LogP contribution >= 0.6 is 0 Å². The second-order valence-corrected chi connectivity index (χ2v) is 6.48. The van der Waals surface area contributed by atoms with E-state index < -0.39 is 9.84 Å². The molecule has 1 heterocycles. The average molecular weight is 235 g/mol. The smallest absolute Gasteiger partial charge is 0.150 e. The minimum Gasteiger partial charge on any atom is -0.396 e. The molecule has 1 aliphatic heterocycles. The van der Waals surface area contributed by atoms with E-state index in [1.54, 1.807) is 0 Å². The molecule has 1 fully saturated rings. The SMILES string of the molecule is CCNCCC(CO)C1CCS(=O)(=O)C1. The van der Waals surface area contributed by atoms with E-state index in [-0.39, 0.29) is 24.2 Å². The van der Waals surface area contributed by atoms with Crippen LogP contribution in [0.4, 0.5) is 0 Å². The first-order valence-corrected chi connectivity index (χ1v) is 7.43. The summed E-state index contributed by atoms with van der Waals surface area (Å²) in [5, 5.41) is 12.4. The highest BCUT2D eigenvalue weighted by molar-refractivity contribution is 7.91. The third-order valence-electron chi connectivity index (χ3n) is 3.11. The summed E-state index contributed by atoms with van der Waals surface area (Å²) in [6, 6.07) is 0. The zero-order chi connectivity index (χ0) is 11.3. The highest BCUT2D eigenvalue weighted by atomic mass is 32.2. The van der Waals surface area contributed by atoms with Crippen LogP contribution in [-0.2, 0) is 9.84 Å². The molecule has 4 nitrogen and oxygen atoms in total. The zero-order valence-electron chi connectivity index (χ0n) is 9.28. The first-order chi connectivity index (χ1) is 7.09. The van der Waals surface area contributed by atoms with E-state index in [9.17, 15) is 13.5 Å². The van der Waals surface area contributed by atoms with Crippen LogP contribution < -0.4 is 5.32 Å². The standard InChI is InChI=1S/C10H21NO3S/c1-2-11-5-3-9(7-12)10-4-6-15(13,14)8-10/h9-12H,2-8H2,1H3. The molecule has 1 saturated heterocycles. The predicted octanol–water partition coefficient (Wildman–Crippen LogP) is 0.0292. The van der Waals surface area contributed by atoms with Crippen LogP contribution in [0.25, 0.3) is 0 Å². The third-order valence-corrected chi connectivity index (χ3v) is 4.90. The molecule has 0 aromatic carbocycles. The number of hydrogen-bond acceptors (Lipinski definition) is 4. The van der Waals surface area contributed by atoms with Crippen molar-refractivity contribution in [3.05, 3.63) is 0 Å². The van der Waals surface area contributed by atoms with E-state index >= 15 is 0 Å². The van der Waals surface area contributed by atoms with Gasteiger partial charge in [0.2, 0.25) is 0 Å². The van der Waals surface area contributed by atoms with Crippen molar-refractivity contribution in [3.8, 4) is 0 Å². The van der Waals surface area contributed by atoms with Gasteiger partial charge in [-0.25, -0.2) is 8.42 Å². The molecule has 15 heavy (non-hydrogen) atoms. The Labute approximate surface area is 92.0 Å². The largest absolute Gasteiger partial charge is 0.396 e. The van der Waals surface area contributed by atoms with Crippen molar-refractivity contribution in [3.63, 3.8) is 0 Å². The predicted molar refractivity (Wildman–Crippen MR) is 60.5 cm³/mol. The lowest BCUT2D eigenvalue weighted by Gasteiger charge is -2.19. The molecule has 2 N–H and O–H groups in total. The fourth-order valence-electron chi connectivity index (χ4n) is 2.14. The Kier molecular flexibility index (Phi) is 5.02. The second-order valence-electron chi connectivity index (χ2n) is 4.25. The lowest BCUT2D eigenvalue weighted by atomic mass is 9.90. The van der Waals surface area contributed by atoms with Crippen LogP contribution in [-0.4, -0.2) is 44.7 Å². The summed E-state index contributed by atoms with van der Waals surface area (Å²) < 4.78 is 22.6. The highest BCUT2D eigenvalue weighted by Gasteiger charge is 2.32. The van der Waals surface area contributed by atoms with Gasteiger partial charge in [0.1, 0.15) is 0 Å². The van der Waals surface area contributed by atoms with Crippen LogP contribution in [0.15, 0.2) is 0 Å². The maximum absolute atomic E-state index is 11.3. The molecule has 0 spiro atoms. The van der Waals surface area contributed by atoms with Gasteiger partial charge in [-0.2, -0.15) is 0 Å². The maximum Gasteiger partial charge on any atom is 0.150 e. The van der Waals surface area contributed by atoms with Gasteiger partial charge >= 0.3 is 0 Å². The number of sulfone groups is 1. The summed E-state index contributed by atoms with van der Waals surface area (Å²) in [7, 11) is -2.81. The first-order valence-electron chi connectivity index (χ1n) is 5.61. The average Bonchev–Trinajstić information content (AvgIpc) is 2.54. The highest BCUT2D eigenvalue weighted by Crippen LogP contribution is 2.27. The lowest BCUT2D eigenvalue weighted by Crippen LogP contribution is -2.25. The number of aliphatic hydroxyl groups is 1. The minimum absolute atomic E-state index is 0.103. The minimum atomic E-state index is -2.81. The third kappa shape index (κ3) is 4.09. The molecule has 90 valence electrons. The van der Waals surface area contributed by atoms with Crippen molar-refractivity contribution in [2.24, 2.45) is 11.8 Å². The summed E-state index contributed by atoms with van der Waals surface area (Å²) in [6.45, 7) is 3.92. The summed E-state index contributed by atoms with van der Waals surface area (Å²) in [4.78, 5) is 0. The van der Waals surface area contributed by atoms with E-state index in [1.165, 1.54) is 0 Å². The fraction of sp³-hybridized carbons (Fsp3) is 1.00. The molecule has 0 aromatic heterocycles. The van der Waals surface area contributed by atoms with Gasteiger partial charge in [-0.3, -0.25) is 0 Å². The molecule has 1 aliphatic rings. The summed E-state index contributed by atoms with van der Waals surface area (Å²) in [5.74, 6) is 0.875. The van der Waals surface area contributed by atoms with Crippen molar-refractivity contribution in [1.29, 1.82) is 0 Å². The van der Waals surface area contributed by atoms with Crippen LogP contribution in [0.5, 0.6) is 0 Å². The summed E-state index contributed by atoms with van der Waals surface area (Å²) in [5.41, 5.74) is 0. The van der Waals surface area contributed by atoms with Crippen molar-refractivity contribution < 1.29 is 13.5 Å². The Morgan fingerprint density at radius 2 is 2.27 bits per heavy atom. The van der Waals surface area contributed by atoms with Crippen molar-refractivity contribution in [2.75, 3.05) is 31.2 Å². The molecular weight excluding hydrogens is 214 g/mol. The van der Waals surface area contributed by atoms with Crippen molar-refractivity contribution in [2.45, 2.75) is 19.8 Å². The zero-order valence-corrected chi connectivity index (χ0v) is 10.1. The number of nitrogens with one attached hydrogen (secondary N) is 1. The summed E-state index contributed by atoms with van der Waals surface area (Å²) >= 11 is 0. The van der Waals surface area contributed by atoms with E-state index in [1.807, 2.05) is 6.92 Å². The van der Waals surface area contributed by atoms with Crippen LogP contribution in [0.3, 0.4) is 0 Å². The van der Waals surface area contributed by atoms with Crippen molar-refractivity contribution in [1.82, 2.24) is 5.32 Å². The van der Waals surface area contributed by atoms with E-state index in [0.29, 0.717) is 5.75 Å². The van der Waals surface area contributed by atoms with Crippen LogP contribution in [0.2, 0.25) is 0 Å². The van der Waals surface area contributed by atoms with Gasteiger partial charge in [0.05, 0.1) is 11.5 Å². The molecule has 0 amide bonds. The molecule has 0 bridgehead atoms. The molecule has 5 heteroatoms. The van der Waals surface area contributed by atoms with Gasteiger partial charge in [0, 0.05) is 6.61 Å². The van der Waals surface area contributed by atoms with E-state index in [2.05, 4.69) is 5.32 Å². The van der Waals surface area contributed by atoms with Crippen LogP contribution in [0.1, 0.15) is 19.8 Å². The normalized spacial score (nSPS) is 26.7. The number of aliphatic hydroxyl groups excluding tert-OH is 1. The van der Waals surface area contributed by atoms with Gasteiger partial charge < -0.3 is 10.4 Å². The Morgan fingerprint density at radius 1 is 1.53 bits per heavy atom. The van der Waals surface area contributed by atoms with Gasteiger partial charge in [0.25, 0.3) is 0 Å². The van der Waals surface area contributed by atoms with Crippen molar-refractivity contribution >= 4 is 9.84 Å². The van der Waals surface area contributed by atoms with Gasteiger partial charge in [0.15, 0.2) is 9.84 Å². The van der Waals surface area contributed by atoms with E-state index in [4.69, 9.17) is 0 Å². The van der Waals surface area contributed by atoms with Gasteiger partial charge in [-0.15, -0.1) is 0 Å². The molecule has 0 aromatic rings. The molecular formula is C10H21NO3S. The quantitative estimate of drug-likeness (QED) is 0.637. The molecule has 2 unspecified atom stereocenters. The topological polar surface area (TPSA) is 66.4 Å². The molecule has 0 aliphatic carbocycles. The maximum atomic E-state index is 11.3. The monoisotopic (exact) mass is 235 g/mol. The summed E-state index contributed by atoms with van der Waals surface area (Å²) in [6.07, 6.45) is 1.59. The molecule has 0 saturated carbocycles. The lowest BCUT2D eigenvalue weighted by molar-refractivity contribution is 0.175. The van der Waals surface area contributed by atoms with Crippen LogP contribution in [0, 0.1) is 11.8 Å². The number of rotatable bonds is 6. The number of hydrogen-bond donors (Lipinski definition) is 2. The second kappa shape index (κ2) is 5.82. The Balaban J connectivity index is 2.39. The van der Waals surface area contributed by atoms with Gasteiger partial charge in [-0.1, -0.05) is 6.92 Å². The first kappa shape index (κ1) is 12.9. The fourth-order valence-corrected chi connectivity index (χ4v) is 4.06. The Bertz CT molecular complexity index is 276. The van der Waals surface area contributed by atoms with Gasteiger partial charge in [-0.05, 0) is 37.8 Å². The molecule has 1 rings (SSSR count). The molecule has 2 atom stereocenters.